The molecule has 0 unspecified atom stereocenters. The summed E-state index contributed by atoms with van der Waals surface area (Å²) >= 11 is 1.19. The smallest absolute Gasteiger partial charge is 0.434 e. The van der Waals surface area contributed by atoms with E-state index in [1.807, 2.05) is 5.10 Å². The molecular weight excluding hydrogens is 342 g/mol. The highest BCUT2D eigenvalue weighted by Gasteiger charge is 2.20. The number of nitrogens with two attached hydrogens (primary N) is 1. The molecule has 12 heteroatoms. The lowest BCUT2D eigenvalue weighted by atomic mass is 10.3. The average Bonchev–Trinajstić information content (AvgIpc) is 3.16. The summed E-state index contributed by atoms with van der Waals surface area (Å²) in [7, 11) is 0. The Morgan fingerprint density at radius 1 is 1.38 bits per heavy atom. The minimum atomic E-state index is -1.32. The number of thiophene rings is 1. The van der Waals surface area contributed by atoms with Crippen molar-refractivity contribution in [2.24, 2.45) is 5.73 Å². The quantitative estimate of drug-likeness (QED) is 0.491. The van der Waals surface area contributed by atoms with Crippen LogP contribution < -0.4 is 22.7 Å². The maximum absolute atomic E-state index is 12.6. The molecule has 3 rings (SSSR count). The van der Waals surface area contributed by atoms with Gasteiger partial charge in [0.05, 0.1) is 17.4 Å². The molecule has 126 valence electrons. The number of hydrogen-bond acceptors (Lipinski definition) is 8. The molecule has 0 spiro atoms. The zero-order valence-corrected chi connectivity index (χ0v) is 12.8. The molecule has 4 N–H and O–H groups in total. The van der Waals surface area contributed by atoms with Gasteiger partial charge in [0.2, 0.25) is 5.89 Å². The van der Waals surface area contributed by atoms with E-state index >= 15 is 0 Å². The molecule has 0 aliphatic heterocycles. The summed E-state index contributed by atoms with van der Waals surface area (Å²) in [6.07, 6.45) is 0. The van der Waals surface area contributed by atoms with E-state index in [2.05, 4.69) is 5.10 Å². The molecule has 0 bridgehead atoms. The van der Waals surface area contributed by atoms with E-state index in [9.17, 15) is 19.2 Å². The summed E-state index contributed by atoms with van der Waals surface area (Å²) in [6, 6.07) is -1.32. The van der Waals surface area contributed by atoms with Crippen LogP contribution in [-0.4, -0.2) is 36.4 Å². The Balaban J connectivity index is 2.18. The van der Waals surface area contributed by atoms with E-state index < -0.39 is 29.0 Å². The monoisotopic (exact) mass is 353 g/mol. The molecule has 0 aliphatic rings. The van der Waals surface area contributed by atoms with Crippen LogP contribution >= 0.6 is 11.3 Å². The third-order valence-corrected chi connectivity index (χ3v) is 4.07. The number of aromatic nitrogens is 4. The van der Waals surface area contributed by atoms with Crippen LogP contribution in [0.5, 0.6) is 0 Å². The standard InChI is InChI=1S/C12H11N5O6S/c13-6(10(19)20)1-16-7-4-24-3-5(7)9(18)17(12(16)22)2-8-14-15-11(21)23-8/h3-4,6H,1-2,13H2,(H,15,21)(H,19,20)/t6-/m0/s1. The summed E-state index contributed by atoms with van der Waals surface area (Å²) in [5.41, 5.74) is 4.43. The van der Waals surface area contributed by atoms with E-state index in [1.54, 1.807) is 5.38 Å². The first-order valence-electron chi connectivity index (χ1n) is 6.61. The molecular formula is C12H11N5O6S. The maximum Gasteiger partial charge on any atom is 0.434 e. The van der Waals surface area contributed by atoms with Crippen molar-refractivity contribution >= 4 is 28.2 Å². The average molecular weight is 353 g/mol. The largest absolute Gasteiger partial charge is 0.480 e. The lowest BCUT2D eigenvalue weighted by Crippen LogP contribution is -2.44. The van der Waals surface area contributed by atoms with Gasteiger partial charge in [-0.2, -0.15) is 0 Å². The number of carbonyl (C=O) groups is 1. The number of hydrogen-bond donors (Lipinski definition) is 3. The fourth-order valence-corrected chi connectivity index (χ4v) is 3.00. The molecule has 0 aromatic carbocycles. The molecule has 0 saturated heterocycles. The highest BCUT2D eigenvalue weighted by atomic mass is 32.1. The second-order valence-electron chi connectivity index (χ2n) is 4.91. The van der Waals surface area contributed by atoms with E-state index in [0.717, 1.165) is 9.13 Å². The van der Waals surface area contributed by atoms with Crippen LogP contribution in [-0.2, 0) is 17.9 Å². The molecule has 1 atom stereocenters. The summed E-state index contributed by atoms with van der Waals surface area (Å²) in [4.78, 5) is 47.0. The van der Waals surface area contributed by atoms with Crippen molar-refractivity contribution in [3.8, 4) is 0 Å². The molecule has 0 aliphatic carbocycles. The third-order valence-electron chi connectivity index (χ3n) is 3.34. The molecule has 3 aromatic heterocycles. The molecule has 11 nitrogen and oxygen atoms in total. The Labute approximate surface area is 135 Å². The number of carboxylic acid groups (broad SMARTS) is 1. The van der Waals surface area contributed by atoms with Gasteiger partial charge in [0.15, 0.2) is 0 Å². The van der Waals surface area contributed by atoms with Gasteiger partial charge in [-0.05, 0) is 0 Å². The second kappa shape index (κ2) is 5.90. The highest BCUT2D eigenvalue weighted by molar-refractivity contribution is 7.09. The fraction of sp³-hybridized carbons (Fsp3) is 0.250. The zero-order valence-electron chi connectivity index (χ0n) is 12.0. The van der Waals surface area contributed by atoms with Crippen LogP contribution in [0.1, 0.15) is 5.89 Å². The van der Waals surface area contributed by atoms with Gasteiger partial charge in [0, 0.05) is 10.8 Å². The first kappa shape index (κ1) is 15.9. The van der Waals surface area contributed by atoms with Crippen molar-refractivity contribution in [1.29, 1.82) is 0 Å². The molecule has 0 amide bonds. The number of H-pyrrole nitrogens is 1. The Hall–Kier alpha value is -2.99. The summed E-state index contributed by atoms with van der Waals surface area (Å²) in [5.74, 6) is -2.24. The number of carboxylic acids is 1. The van der Waals surface area contributed by atoms with E-state index in [1.165, 1.54) is 16.7 Å². The van der Waals surface area contributed by atoms with E-state index in [4.69, 9.17) is 15.3 Å². The maximum atomic E-state index is 12.6. The number of rotatable bonds is 5. The minimum absolute atomic E-state index is 0.150. The van der Waals surface area contributed by atoms with Gasteiger partial charge in [-0.15, -0.1) is 16.4 Å². The molecule has 0 saturated carbocycles. The predicted octanol–water partition coefficient (Wildman–Crippen LogP) is -1.64. The van der Waals surface area contributed by atoms with Crippen LogP contribution in [0.4, 0.5) is 0 Å². The van der Waals surface area contributed by atoms with Crippen molar-refractivity contribution in [3.63, 3.8) is 0 Å². The fourth-order valence-electron chi connectivity index (χ4n) is 2.19. The first-order chi connectivity index (χ1) is 11.4. The van der Waals surface area contributed by atoms with Crippen LogP contribution in [0.2, 0.25) is 0 Å². The van der Waals surface area contributed by atoms with Crippen LogP contribution in [0.15, 0.2) is 29.6 Å². The van der Waals surface area contributed by atoms with E-state index in [-0.39, 0.29) is 24.4 Å². The van der Waals surface area contributed by atoms with Crippen LogP contribution in [0.25, 0.3) is 10.9 Å². The van der Waals surface area contributed by atoms with Crippen molar-refractivity contribution in [3.05, 3.63) is 48.0 Å². The van der Waals surface area contributed by atoms with Gasteiger partial charge < -0.3 is 15.3 Å². The molecule has 3 aromatic rings. The van der Waals surface area contributed by atoms with Gasteiger partial charge in [-0.1, -0.05) is 0 Å². The Kier molecular flexibility index (Phi) is 3.91. The van der Waals surface area contributed by atoms with Gasteiger partial charge >= 0.3 is 17.4 Å². The second-order valence-corrected chi connectivity index (χ2v) is 5.65. The number of nitrogens with one attached hydrogen (secondary N) is 1. The normalized spacial score (nSPS) is 12.5. The topological polar surface area (TPSA) is 166 Å². The molecule has 0 radical (unpaired) electrons. The Bertz CT molecular complexity index is 1090. The number of fused-ring (bicyclic) bond motifs is 1. The number of aliphatic carboxylic acids is 1. The predicted molar refractivity (Wildman–Crippen MR) is 82.2 cm³/mol. The Morgan fingerprint density at radius 2 is 2.12 bits per heavy atom. The van der Waals surface area contributed by atoms with Crippen molar-refractivity contribution in [2.75, 3.05) is 0 Å². The number of aromatic amines is 1. The van der Waals surface area contributed by atoms with Crippen LogP contribution in [0.3, 0.4) is 0 Å². The first-order valence-corrected chi connectivity index (χ1v) is 7.55. The zero-order chi connectivity index (χ0) is 17.4. The van der Waals surface area contributed by atoms with Crippen molar-refractivity contribution in [1.82, 2.24) is 19.3 Å². The highest BCUT2D eigenvalue weighted by Crippen LogP contribution is 2.14. The van der Waals surface area contributed by atoms with Gasteiger partial charge in [-0.3, -0.25) is 18.7 Å². The lowest BCUT2D eigenvalue weighted by molar-refractivity contribution is -0.138. The lowest BCUT2D eigenvalue weighted by Gasteiger charge is -2.13. The van der Waals surface area contributed by atoms with Crippen LogP contribution in [0, 0.1) is 0 Å². The third kappa shape index (κ3) is 2.68. The summed E-state index contributed by atoms with van der Waals surface area (Å²) in [5, 5.41) is 17.9. The Morgan fingerprint density at radius 3 is 2.75 bits per heavy atom. The minimum Gasteiger partial charge on any atom is -0.480 e. The van der Waals surface area contributed by atoms with E-state index in [0.29, 0.717) is 5.52 Å². The number of nitrogens with zero attached hydrogens (tertiary/aromatic N) is 3. The summed E-state index contributed by atoms with van der Waals surface area (Å²) in [6.45, 7) is -0.684. The SMILES string of the molecule is N[C@@H](Cn1c(=O)n(Cc2n[nH]c(=O)o2)c(=O)c2cscc21)C(=O)O. The molecule has 3 heterocycles. The van der Waals surface area contributed by atoms with Crippen molar-refractivity contribution < 1.29 is 14.3 Å². The van der Waals surface area contributed by atoms with Gasteiger partial charge in [0.25, 0.3) is 5.56 Å². The summed E-state index contributed by atoms with van der Waals surface area (Å²) < 4.78 is 6.62. The van der Waals surface area contributed by atoms with Gasteiger partial charge in [0.1, 0.15) is 12.6 Å². The molecule has 0 fully saturated rings. The molecule has 24 heavy (non-hydrogen) atoms. The van der Waals surface area contributed by atoms with Crippen molar-refractivity contribution in [2.45, 2.75) is 19.1 Å². The van der Waals surface area contributed by atoms with Gasteiger partial charge in [-0.25, -0.2) is 14.7 Å².